The maximum atomic E-state index is 12.1. The number of sulfone groups is 1. The molecule has 0 amide bonds. The topological polar surface area (TPSA) is 89.5 Å². The zero-order valence-electron chi connectivity index (χ0n) is 11.8. The van der Waals surface area contributed by atoms with E-state index in [-0.39, 0.29) is 42.0 Å². The first-order chi connectivity index (χ1) is 9.84. The monoisotopic (exact) mass is 333 g/mol. The van der Waals surface area contributed by atoms with E-state index >= 15 is 0 Å². The van der Waals surface area contributed by atoms with Crippen LogP contribution in [0.1, 0.15) is 23.0 Å². The van der Waals surface area contributed by atoms with E-state index in [1.165, 1.54) is 0 Å². The first-order valence-corrected chi connectivity index (χ1v) is 8.70. The average molecular weight is 334 g/mol. The molecule has 116 valence electrons. The van der Waals surface area contributed by atoms with Crippen LogP contribution < -0.4 is 4.90 Å². The molecule has 7 nitrogen and oxygen atoms in total. The Morgan fingerprint density at radius 2 is 1.95 bits per heavy atom. The largest absolute Gasteiger partial charge is 0.462 e. The molecule has 0 atom stereocenters. The molecule has 2 rings (SSSR count). The van der Waals surface area contributed by atoms with Crippen molar-refractivity contribution in [2.75, 3.05) is 36.1 Å². The van der Waals surface area contributed by atoms with Crippen LogP contribution in [0.5, 0.6) is 0 Å². The molecule has 0 bridgehead atoms. The molecule has 0 spiro atoms. The number of esters is 1. The molecular formula is C12H16ClN3O4S. The highest BCUT2D eigenvalue weighted by molar-refractivity contribution is 7.91. The quantitative estimate of drug-likeness (QED) is 0.598. The molecule has 0 radical (unpaired) electrons. The first-order valence-electron chi connectivity index (χ1n) is 6.50. The zero-order valence-corrected chi connectivity index (χ0v) is 13.4. The molecule has 1 aromatic heterocycles. The Kier molecular flexibility index (Phi) is 4.67. The van der Waals surface area contributed by atoms with Crippen molar-refractivity contribution in [2.45, 2.75) is 13.8 Å². The van der Waals surface area contributed by atoms with Crippen LogP contribution in [0.15, 0.2) is 0 Å². The predicted molar refractivity (Wildman–Crippen MR) is 78.6 cm³/mol. The van der Waals surface area contributed by atoms with Crippen LogP contribution in [0.2, 0.25) is 5.28 Å². The Morgan fingerprint density at radius 3 is 2.52 bits per heavy atom. The van der Waals surface area contributed by atoms with Gasteiger partial charge in [0.15, 0.2) is 9.84 Å². The van der Waals surface area contributed by atoms with Crippen LogP contribution >= 0.6 is 11.6 Å². The van der Waals surface area contributed by atoms with E-state index in [0.29, 0.717) is 11.5 Å². The number of aromatic nitrogens is 2. The summed E-state index contributed by atoms with van der Waals surface area (Å²) in [5.74, 6) is -0.151. The summed E-state index contributed by atoms with van der Waals surface area (Å²) in [5, 5.41) is 0.0176. The molecule has 0 aromatic carbocycles. The fraction of sp³-hybridized carbons (Fsp3) is 0.583. The van der Waals surface area contributed by atoms with E-state index in [4.69, 9.17) is 16.3 Å². The number of anilines is 1. The molecular weight excluding hydrogens is 318 g/mol. The number of carbonyl (C=O) groups is 1. The third-order valence-corrected chi connectivity index (χ3v) is 4.95. The molecule has 1 saturated heterocycles. The van der Waals surface area contributed by atoms with Gasteiger partial charge in [-0.1, -0.05) is 0 Å². The van der Waals surface area contributed by atoms with Crippen molar-refractivity contribution >= 4 is 33.2 Å². The van der Waals surface area contributed by atoms with E-state index in [1.54, 1.807) is 18.7 Å². The molecule has 21 heavy (non-hydrogen) atoms. The smallest absolute Gasteiger partial charge is 0.343 e. The summed E-state index contributed by atoms with van der Waals surface area (Å²) in [4.78, 5) is 21.9. The highest BCUT2D eigenvalue weighted by atomic mass is 35.5. The maximum absolute atomic E-state index is 12.1. The molecule has 0 aliphatic carbocycles. The number of nitrogens with zero attached hydrogens (tertiary/aromatic N) is 3. The van der Waals surface area contributed by atoms with E-state index < -0.39 is 15.8 Å². The summed E-state index contributed by atoms with van der Waals surface area (Å²) < 4.78 is 28.0. The summed E-state index contributed by atoms with van der Waals surface area (Å²) in [6, 6.07) is 0. The lowest BCUT2D eigenvalue weighted by atomic mass is 10.2. The van der Waals surface area contributed by atoms with Gasteiger partial charge in [-0.15, -0.1) is 0 Å². The Labute approximate surface area is 128 Å². The number of halogens is 1. The van der Waals surface area contributed by atoms with Crippen LogP contribution in [0.3, 0.4) is 0 Å². The van der Waals surface area contributed by atoms with Crippen molar-refractivity contribution in [3.8, 4) is 0 Å². The van der Waals surface area contributed by atoms with Crippen LogP contribution in [-0.2, 0) is 14.6 Å². The van der Waals surface area contributed by atoms with Gasteiger partial charge in [-0.2, -0.15) is 4.98 Å². The van der Waals surface area contributed by atoms with Gasteiger partial charge in [0.2, 0.25) is 5.28 Å². The minimum atomic E-state index is -3.02. The normalized spacial score (nSPS) is 17.6. The van der Waals surface area contributed by atoms with Crippen molar-refractivity contribution in [3.05, 3.63) is 16.5 Å². The second-order valence-electron chi connectivity index (χ2n) is 4.64. The minimum Gasteiger partial charge on any atom is -0.462 e. The van der Waals surface area contributed by atoms with Gasteiger partial charge in [0, 0.05) is 13.1 Å². The number of carbonyl (C=O) groups excluding carboxylic acids is 1. The molecule has 1 aliphatic heterocycles. The summed E-state index contributed by atoms with van der Waals surface area (Å²) in [6.45, 7) is 4.11. The Bertz CT molecular complexity index is 649. The summed E-state index contributed by atoms with van der Waals surface area (Å²) >= 11 is 5.86. The lowest BCUT2D eigenvalue weighted by Gasteiger charge is -2.29. The summed E-state index contributed by atoms with van der Waals surface area (Å²) in [7, 11) is -3.02. The second kappa shape index (κ2) is 6.15. The third-order valence-electron chi connectivity index (χ3n) is 3.17. The summed E-state index contributed by atoms with van der Waals surface area (Å²) in [5.41, 5.74) is 0.650. The Hall–Kier alpha value is -1.41. The third kappa shape index (κ3) is 3.62. The van der Waals surface area contributed by atoms with Gasteiger partial charge >= 0.3 is 5.97 Å². The zero-order chi connectivity index (χ0) is 15.6. The lowest BCUT2D eigenvalue weighted by Crippen LogP contribution is -2.41. The van der Waals surface area contributed by atoms with E-state index in [0.717, 1.165) is 0 Å². The average Bonchev–Trinajstić information content (AvgIpc) is 2.37. The van der Waals surface area contributed by atoms with Gasteiger partial charge in [-0.05, 0) is 25.4 Å². The number of aryl methyl sites for hydroxylation is 1. The molecule has 0 unspecified atom stereocenters. The number of hydrogen-bond donors (Lipinski definition) is 0. The predicted octanol–water partition coefficient (Wildman–Crippen LogP) is 0.850. The van der Waals surface area contributed by atoms with E-state index in [1.807, 2.05) is 0 Å². The van der Waals surface area contributed by atoms with Gasteiger partial charge in [0.05, 0.1) is 23.8 Å². The van der Waals surface area contributed by atoms with E-state index in [2.05, 4.69) is 9.97 Å². The molecule has 1 aliphatic rings. The Balaban J connectivity index is 2.40. The molecule has 0 saturated carbocycles. The van der Waals surface area contributed by atoms with Crippen molar-refractivity contribution in [3.63, 3.8) is 0 Å². The number of ether oxygens (including phenoxy) is 1. The molecule has 1 aromatic rings. The van der Waals surface area contributed by atoms with Gasteiger partial charge in [0.25, 0.3) is 0 Å². The summed E-state index contributed by atoms with van der Waals surface area (Å²) in [6.07, 6.45) is 0. The van der Waals surface area contributed by atoms with Gasteiger partial charge < -0.3 is 9.64 Å². The van der Waals surface area contributed by atoms with Gasteiger partial charge in [-0.25, -0.2) is 18.2 Å². The molecule has 1 fully saturated rings. The molecule has 0 N–H and O–H groups in total. The molecule has 9 heteroatoms. The second-order valence-corrected chi connectivity index (χ2v) is 7.28. The van der Waals surface area contributed by atoms with Crippen LogP contribution in [-0.4, -0.2) is 55.6 Å². The molecule has 2 heterocycles. The van der Waals surface area contributed by atoms with Crippen LogP contribution in [0.25, 0.3) is 0 Å². The van der Waals surface area contributed by atoms with Crippen molar-refractivity contribution < 1.29 is 17.9 Å². The first kappa shape index (κ1) is 16.0. The lowest BCUT2D eigenvalue weighted by molar-refractivity contribution is 0.0525. The van der Waals surface area contributed by atoms with Crippen LogP contribution in [0.4, 0.5) is 5.82 Å². The fourth-order valence-electron chi connectivity index (χ4n) is 2.12. The SMILES string of the molecule is CCOC(=O)c1c(C)nc(Cl)nc1N1CCS(=O)(=O)CC1. The number of rotatable bonds is 3. The van der Waals surface area contributed by atoms with Crippen LogP contribution in [0, 0.1) is 6.92 Å². The maximum Gasteiger partial charge on any atom is 0.343 e. The standard InChI is InChI=1S/C12H16ClN3O4S/c1-3-20-11(17)9-8(2)14-12(13)15-10(9)16-4-6-21(18,19)7-5-16/h3-7H2,1-2H3. The highest BCUT2D eigenvalue weighted by Gasteiger charge is 2.28. The van der Waals surface area contributed by atoms with Gasteiger partial charge in [-0.3, -0.25) is 0 Å². The van der Waals surface area contributed by atoms with Crippen molar-refractivity contribution in [2.24, 2.45) is 0 Å². The highest BCUT2D eigenvalue weighted by Crippen LogP contribution is 2.25. The number of hydrogen-bond acceptors (Lipinski definition) is 7. The van der Waals surface area contributed by atoms with Crippen molar-refractivity contribution in [1.29, 1.82) is 0 Å². The van der Waals surface area contributed by atoms with E-state index in [9.17, 15) is 13.2 Å². The fourth-order valence-corrected chi connectivity index (χ4v) is 3.53. The van der Waals surface area contributed by atoms with Gasteiger partial charge in [0.1, 0.15) is 11.4 Å². The Morgan fingerprint density at radius 1 is 1.33 bits per heavy atom. The minimum absolute atomic E-state index is 0.0176. The van der Waals surface area contributed by atoms with Crippen molar-refractivity contribution in [1.82, 2.24) is 9.97 Å².